The third kappa shape index (κ3) is 4.07. The van der Waals surface area contributed by atoms with Crippen LogP contribution in [0.1, 0.15) is 12.8 Å². The first-order chi connectivity index (χ1) is 11.3. The monoisotopic (exact) mass is 330 g/mol. The van der Waals surface area contributed by atoms with Crippen LogP contribution in [0.25, 0.3) is 0 Å². The van der Waals surface area contributed by atoms with Crippen molar-refractivity contribution in [2.75, 3.05) is 36.7 Å². The molecule has 0 radical (unpaired) electrons. The first-order valence-corrected chi connectivity index (χ1v) is 9.02. The number of methoxy groups -OCH3 is 1. The molecule has 1 fully saturated rings. The largest absolute Gasteiger partial charge is 0.497 e. The number of hydrogen-bond acceptors (Lipinski definition) is 6. The van der Waals surface area contributed by atoms with E-state index in [0.717, 1.165) is 48.2 Å². The summed E-state index contributed by atoms with van der Waals surface area (Å²) in [7, 11) is 1.70. The van der Waals surface area contributed by atoms with Crippen molar-refractivity contribution < 1.29 is 4.74 Å². The van der Waals surface area contributed by atoms with E-state index in [9.17, 15) is 0 Å². The maximum absolute atomic E-state index is 5.28. The summed E-state index contributed by atoms with van der Waals surface area (Å²) in [6.45, 7) is 1.99. The standard InChI is InChI=1S/C17H22N4OS/c1-22-15-5-3-4-14(10-15)19-13-6-8-21(9-7-13)16-11-18-12-17(20-16)23-2/h3-5,10-13,19H,6-9H2,1-2H3. The second kappa shape index (κ2) is 7.55. The highest BCUT2D eigenvalue weighted by Crippen LogP contribution is 2.23. The first kappa shape index (κ1) is 15.9. The molecule has 5 nitrogen and oxygen atoms in total. The van der Waals surface area contributed by atoms with Gasteiger partial charge in [-0.3, -0.25) is 4.98 Å². The van der Waals surface area contributed by atoms with Crippen molar-refractivity contribution in [1.82, 2.24) is 9.97 Å². The molecule has 2 heterocycles. The van der Waals surface area contributed by atoms with Gasteiger partial charge in [0.05, 0.1) is 19.5 Å². The lowest BCUT2D eigenvalue weighted by Crippen LogP contribution is -2.39. The Kier molecular flexibility index (Phi) is 5.23. The van der Waals surface area contributed by atoms with Crippen LogP contribution >= 0.6 is 11.8 Å². The van der Waals surface area contributed by atoms with Crippen LogP contribution in [0.4, 0.5) is 11.5 Å². The minimum atomic E-state index is 0.482. The van der Waals surface area contributed by atoms with E-state index in [1.165, 1.54) is 0 Å². The Labute approximate surface area is 141 Å². The highest BCUT2D eigenvalue weighted by Gasteiger charge is 2.20. The van der Waals surface area contributed by atoms with Crippen LogP contribution in [-0.4, -0.2) is 42.5 Å². The van der Waals surface area contributed by atoms with Crippen molar-refractivity contribution in [3.8, 4) is 5.75 Å². The maximum Gasteiger partial charge on any atom is 0.148 e. The van der Waals surface area contributed by atoms with Crippen LogP contribution in [0.5, 0.6) is 5.75 Å². The summed E-state index contributed by atoms with van der Waals surface area (Å²) in [5, 5.41) is 4.57. The summed E-state index contributed by atoms with van der Waals surface area (Å²) >= 11 is 1.63. The molecule has 0 bridgehead atoms. The third-order valence-corrected chi connectivity index (χ3v) is 4.68. The van der Waals surface area contributed by atoms with Crippen LogP contribution in [0.3, 0.4) is 0 Å². The summed E-state index contributed by atoms with van der Waals surface area (Å²) in [5.41, 5.74) is 1.12. The zero-order valence-electron chi connectivity index (χ0n) is 13.5. The second-order valence-corrected chi connectivity index (χ2v) is 6.38. The number of ether oxygens (including phenoxy) is 1. The molecule has 3 rings (SSSR count). The molecule has 1 aliphatic rings. The van der Waals surface area contributed by atoms with E-state index in [4.69, 9.17) is 4.74 Å². The van der Waals surface area contributed by atoms with Gasteiger partial charge in [-0.15, -0.1) is 11.8 Å². The molecular formula is C17H22N4OS. The molecule has 23 heavy (non-hydrogen) atoms. The van der Waals surface area contributed by atoms with Crippen LogP contribution in [0, 0.1) is 0 Å². The summed E-state index contributed by atoms with van der Waals surface area (Å²) in [6, 6.07) is 8.59. The first-order valence-electron chi connectivity index (χ1n) is 7.80. The fourth-order valence-corrected chi connectivity index (χ4v) is 3.14. The van der Waals surface area contributed by atoms with Crippen molar-refractivity contribution in [3.05, 3.63) is 36.7 Å². The van der Waals surface area contributed by atoms with Gasteiger partial charge in [0.15, 0.2) is 0 Å². The number of aromatic nitrogens is 2. The van der Waals surface area contributed by atoms with E-state index < -0.39 is 0 Å². The number of benzene rings is 1. The van der Waals surface area contributed by atoms with E-state index in [2.05, 4.69) is 26.3 Å². The molecular weight excluding hydrogens is 308 g/mol. The lowest BCUT2D eigenvalue weighted by molar-refractivity contribution is 0.415. The Morgan fingerprint density at radius 2 is 2.09 bits per heavy atom. The van der Waals surface area contributed by atoms with Gasteiger partial charge in [-0.1, -0.05) is 6.07 Å². The topological polar surface area (TPSA) is 50.3 Å². The Bertz CT molecular complexity index is 644. The number of anilines is 2. The summed E-state index contributed by atoms with van der Waals surface area (Å²) in [5.74, 6) is 1.87. The van der Waals surface area contributed by atoms with Gasteiger partial charge >= 0.3 is 0 Å². The normalized spacial score (nSPS) is 15.5. The molecule has 0 amide bonds. The van der Waals surface area contributed by atoms with Gasteiger partial charge in [-0.25, -0.2) is 4.98 Å². The van der Waals surface area contributed by atoms with E-state index in [1.807, 2.05) is 36.8 Å². The van der Waals surface area contributed by atoms with E-state index >= 15 is 0 Å². The molecule has 0 saturated carbocycles. The smallest absolute Gasteiger partial charge is 0.148 e. The van der Waals surface area contributed by atoms with Gasteiger partial charge in [-0.2, -0.15) is 0 Å². The molecule has 0 aliphatic carbocycles. The molecule has 122 valence electrons. The fraction of sp³-hybridized carbons (Fsp3) is 0.412. The number of piperidine rings is 1. The second-order valence-electron chi connectivity index (χ2n) is 5.56. The Morgan fingerprint density at radius 3 is 2.83 bits per heavy atom. The van der Waals surface area contributed by atoms with Gasteiger partial charge < -0.3 is 15.0 Å². The minimum absolute atomic E-state index is 0.482. The fourth-order valence-electron chi connectivity index (χ4n) is 2.79. The molecule has 1 aromatic heterocycles. The molecule has 1 aliphatic heterocycles. The zero-order valence-corrected chi connectivity index (χ0v) is 14.3. The lowest BCUT2D eigenvalue weighted by Gasteiger charge is -2.33. The van der Waals surface area contributed by atoms with E-state index in [1.54, 1.807) is 18.9 Å². The van der Waals surface area contributed by atoms with Crippen LogP contribution in [0.2, 0.25) is 0 Å². The quantitative estimate of drug-likeness (QED) is 0.849. The molecule has 1 saturated heterocycles. The molecule has 0 spiro atoms. The summed E-state index contributed by atoms with van der Waals surface area (Å²) in [4.78, 5) is 11.2. The Balaban J connectivity index is 1.57. The van der Waals surface area contributed by atoms with Crippen molar-refractivity contribution in [1.29, 1.82) is 0 Å². The van der Waals surface area contributed by atoms with Crippen molar-refractivity contribution in [3.63, 3.8) is 0 Å². The van der Waals surface area contributed by atoms with E-state index in [0.29, 0.717) is 6.04 Å². The number of nitrogens with one attached hydrogen (secondary N) is 1. The SMILES string of the molecule is COc1cccc(NC2CCN(c3cncc(SC)n3)CC2)c1. The van der Waals surface area contributed by atoms with Gasteiger partial charge in [-0.05, 0) is 31.2 Å². The maximum atomic E-state index is 5.28. The number of nitrogens with zero attached hydrogens (tertiary/aromatic N) is 3. The predicted molar refractivity (Wildman–Crippen MR) is 95.7 cm³/mol. The summed E-state index contributed by atoms with van der Waals surface area (Å²) < 4.78 is 5.28. The molecule has 0 unspecified atom stereocenters. The van der Waals surface area contributed by atoms with E-state index in [-0.39, 0.29) is 0 Å². The molecule has 1 N–H and O–H groups in total. The predicted octanol–water partition coefficient (Wildman–Crippen LogP) is 3.29. The van der Waals surface area contributed by atoms with Crippen molar-refractivity contribution >= 4 is 23.3 Å². The molecule has 6 heteroatoms. The highest BCUT2D eigenvalue weighted by molar-refractivity contribution is 7.98. The number of thioether (sulfide) groups is 1. The number of rotatable bonds is 5. The number of hydrogen-bond donors (Lipinski definition) is 1. The van der Waals surface area contributed by atoms with Gasteiger partial charge in [0, 0.05) is 30.9 Å². The average Bonchev–Trinajstić information content (AvgIpc) is 2.62. The third-order valence-electron chi connectivity index (χ3n) is 4.07. The molecule has 1 aromatic carbocycles. The average molecular weight is 330 g/mol. The molecule has 2 aromatic rings. The van der Waals surface area contributed by atoms with Gasteiger partial charge in [0.1, 0.15) is 16.6 Å². The summed E-state index contributed by atoms with van der Waals surface area (Å²) in [6.07, 6.45) is 7.86. The van der Waals surface area contributed by atoms with Crippen LogP contribution in [-0.2, 0) is 0 Å². The van der Waals surface area contributed by atoms with Gasteiger partial charge in [0.25, 0.3) is 0 Å². The zero-order chi connectivity index (χ0) is 16.1. The van der Waals surface area contributed by atoms with Crippen molar-refractivity contribution in [2.45, 2.75) is 23.9 Å². The minimum Gasteiger partial charge on any atom is -0.497 e. The van der Waals surface area contributed by atoms with Crippen molar-refractivity contribution in [2.24, 2.45) is 0 Å². The Morgan fingerprint density at radius 1 is 1.26 bits per heavy atom. The lowest BCUT2D eigenvalue weighted by atomic mass is 10.0. The van der Waals surface area contributed by atoms with Crippen LogP contribution in [0.15, 0.2) is 41.7 Å². The Hall–Kier alpha value is -1.95. The van der Waals surface area contributed by atoms with Crippen LogP contribution < -0.4 is 15.0 Å². The van der Waals surface area contributed by atoms with Gasteiger partial charge in [0.2, 0.25) is 0 Å². The highest BCUT2D eigenvalue weighted by atomic mass is 32.2. The molecule has 0 atom stereocenters.